The molecule has 1 aromatic carbocycles. The molecule has 0 unspecified atom stereocenters. The standard InChI is InChI=1S/C10H10BrNO/c11-10(13)12-6-5-8-3-1-2-4-9(8)7-12/h1-4H,5-7H2. The maximum atomic E-state index is 11.1. The molecular formula is C10H10BrNO. The molecule has 2 nitrogen and oxygen atoms in total. The smallest absolute Gasteiger partial charge is 0.290 e. The minimum atomic E-state index is -0.0120. The van der Waals surface area contributed by atoms with Crippen molar-refractivity contribution in [2.24, 2.45) is 0 Å². The lowest BCUT2D eigenvalue weighted by Gasteiger charge is -2.26. The van der Waals surface area contributed by atoms with Crippen LogP contribution in [-0.4, -0.2) is 16.3 Å². The van der Waals surface area contributed by atoms with E-state index < -0.39 is 0 Å². The molecule has 1 aliphatic rings. The van der Waals surface area contributed by atoms with Crippen molar-refractivity contribution in [2.75, 3.05) is 6.54 Å². The summed E-state index contributed by atoms with van der Waals surface area (Å²) in [4.78, 5) is 12.8. The van der Waals surface area contributed by atoms with Crippen molar-refractivity contribution in [3.63, 3.8) is 0 Å². The number of rotatable bonds is 0. The molecule has 2 rings (SSSR count). The Kier molecular flexibility index (Phi) is 2.36. The van der Waals surface area contributed by atoms with Gasteiger partial charge in [-0.25, -0.2) is 0 Å². The Bertz CT molecular complexity index is 337. The SMILES string of the molecule is O=C(Br)N1CCc2ccccc2C1. The quantitative estimate of drug-likeness (QED) is 0.504. The first-order valence-electron chi connectivity index (χ1n) is 4.28. The minimum Gasteiger partial charge on any atom is -0.329 e. The molecule has 0 atom stereocenters. The molecule has 0 saturated carbocycles. The van der Waals surface area contributed by atoms with Crippen LogP contribution >= 0.6 is 15.9 Å². The fourth-order valence-corrected chi connectivity index (χ4v) is 1.95. The molecule has 1 aliphatic heterocycles. The maximum Gasteiger partial charge on any atom is 0.290 e. The fourth-order valence-electron chi connectivity index (χ4n) is 1.65. The molecule has 13 heavy (non-hydrogen) atoms. The van der Waals surface area contributed by atoms with Crippen LogP contribution in [-0.2, 0) is 13.0 Å². The minimum absolute atomic E-state index is 0.0120. The molecule has 0 N–H and O–H groups in total. The number of hydrogen-bond acceptors (Lipinski definition) is 1. The Hall–Kier alpha value is -0.830. The molecule has 0 fully saturated rings. The molecule has 68 valence electrons. The van der Waals surface area contributed by atoms with E-state index in [9.17, 15) is 4.79 Å². The van der Waals surface area contributed by atoms with E-state index in [0.29, 0.717) is 0 Å². The van der Waals surface area contributed by atoms with Gasteiger partial charge in [0.05, 0.1) is 0 Å². The molecule has 0 saturated heterocycles. The van der Waals surface area contributed by atoms with Crippen molar-refractivity contribution in [2.45, 2.75) is 13.0 Å². The van der Waals surface area contributed by atoms with Crippen LogP contribution in [0.4, 0.5) is 4.79 Å². The van der Waals surface area contributed by atoms with Crippen LogP contribution in [0.2, 0.25) is 0 Å². The van der Waals surface area contributed by atoms with Gasteiger partial charge in [0.15, 0.2) is 0 Å². The lowest BCUT2D eigenvalue weighted by Crippen LogP contribution is -2.31. The van der Waals surface area contributed by atoms with E-state index in [1.807, 2.05) is 17.0 Å². The van der Waals surface area contributed by atoms with Gasteiger partial charge in [-0.3, -0.25) is 4.79 Å². The summed E-state index contributed by atoms with van der Waals surface area (Å²) in [5.74, 6) is 0. The highest BCUT2D eigenvalue weighted by Gasteiger charge is 2.17. The third-order valence-electron chi connectivity index (χ3n) is 2.38. The molecule has 0 aliphatic carbocycles. The highest BCUT2D eigenvalue weighted by molar-refractivity contribution is 9.18. The van der Waals surface area contributed by atoms with Crippen molar-refractivity contribution in [3.05, 3.63) is 35.4 Å². The fraction of sp³-hybridized carbons (Fsp3) is 0.300. The lowest BCUT2D eigenvalue weighted by molar-refractivity contribution is 0.219. The van der Waals surface area contributed by atoms with Gasteiger partial charge in [-0.05, 0) is 17.5 Å². The highest BCUT2D eigenvalue weighted by Crippen LogP contribution is 2.19. The second kappa shape index (κ2) is 3.50. The number of halogens is 1. The topological polar surface area (TPSA) is 20.3 Å². The van der Waals surface area contributed by atoms with Gasteiger partial charge in [0.25, 0.3) is 4.82 Å². The van der Waals surface area contributed by atoms with Crippen LogP contribution in [0.5, 0.6) is 0 Å². The molecule has 0 aromatic heterocycles. The summed E-state index contributed by atoms with van der Waals surface area (Å²) in [5, 5.41) is 0. The summed E-state index contributed by atoms with van der Waals surface area (Å²) in [6, 6.07) is 8.27. The molecule has 0 radical (unpaired) electrons. The number of benzene rings is 1. The summed E-state index contributed by atoms with van der Waals surface area (Å²) in [6.07, 6.45) is 0.966. The first-order chi connectivity index (χ1) is 6.27. The van der Waals surface area contributed by atoms with E-state index in [-0.39, 0.29) is 4.82 Å². The van der Waals surface area contributed by atoms with E-state index in [1.54, 1.807) is 0 Å². The summed E-state index contributed by atoms with van der Waals surface area (Å²) in [5.41, 5.74) is 2.63. The zero-order chi connectivity index (χ0) is 9.26. The number of hydrogen-bond donors (Lipinski definition) is 0. The Balaban J connectivity index is 2.24. The summed E-state index contributed by atoms with van der Waals surface area (Å²) in [7, 11) is 0. The molecule has 1 aromatic rings. The van der Waals surface area contributed by atoms with Crippen LogP contribution in [0, 0.1) is 0 Å². The first-order valence-corrected chi connectivity index (χ1v) is 5.08. The van der Waals surface area contributed by atoms with Crippen molar-refractivity contribution in [3.8, 4) is 0 Å². The van der Waals surface area contributed by atoms with Crippen LogP contribution in [0.25, 0.3) is 0 Å². The lowest BCUT2D eigenvalue weighted by atomic mass is 10.0. The number of carbonyl (C=O) groups is 1. The predicted octanol–water partition coefficient (Wildman–Crippen LogP) is 2.56. The van der Waals surface area contributed by atoms with Gasteiger partial charge in [-0.2, -0.15) is 0 Å². The maximum absolute atomic E-state index is 11.1. The van der Waals surface area contributed by atoms with E-state index >= 15 is 0 Å². The third kappa shape index (κ3) is 1.75. The number of carbonyl (C=O) groups excluding carboxylic acids is 1. The zero-order valence-corrected chi connectivity index (χ0v) is 8.75. The van der Waals surface area contributed by atoms with Crippen molar-refractivity contribution < 1.29 is 4.79 Å². The van der Waals surface area contributed by atoms with E-state index in [0.717, 1.165) is 19.5 Å². The summed E-state index contributed by atoms with van der Waals surface area (Å²) in [6.45, 7) is 1.56. The Morgan fingerprint density at radius 2 is 2.00 bits per heavy atom. The number of nitrogens with zero attached hydrogens (tertiary/aromatic N) is 1. The van der Waals surface area contributed by atoms with Crippen LogP contribution in [0.3, 0.4) is 0 Å². The highest BCUT2D eigenvalue weighted by atomic mass is 79.9. The van der Waals surface area contributed by atoms with Gasteiger partial charge in [0, 0.05) is 29.0 Å². The van der Waals surface area contributed by atoms with Gasteiger partial charge in [0.1, 0.15) is 0 Å². The van der Waals surface area contributed by atoms with Crippen LogP contribution < -0.4 is 0 Å². The average Bonchev–Trinajstić information content (AvgIpc) is 2.17. The molecule has 3 heteroatoms. The van der Waals surface area contributed by atoms with Crippen molar-refractivity contribution >= 4 is 20.7 Å². The Morgan fingerprint density at radius 1 is 1.31 bits per heavy atom. The van der Waals surface area contributed by atoms with Gasteiger partial charge < -0.3 is 4.90 Å². The van der Waals surface area contributed by atoms with Crippen LogP contribution in [0.1, 0.15) is 11.1 Å². The summed E-state index contributed by atoms with van der Waals surface area (Å²) < 4.78 is 0. The summed E-state index contributed by atoms with van der Waals surface area (Å²) >= 11 is 2.97. The van der Waals surface area contributed by atoms with E-state index in [4.69, 9.17) is 0 Å². The number of amides is 1. The van der Waals surface area contributed by atoms with E-state index in [2.05, 4.69) is 28.1 Å². The monoisotopic (exact) mass is 239 g/mol. The van der Waals surface area contributed by atoms with Gasteiger partial charge in [-0.1, -0.05) is 24.3 Å². The second-order valence-electron chi connectivity index (χ2n) is 3.19. The largest absolute Gasteiger partial charge is 0.329 e. The molecule has 0 spiro atoms. The molecular weight excluding hydrogens is 230 g/mol. The Morgan fingerprint density at radius 3 is 2.69 bits per heavy atom. The van der Waals surface area contributed by atoms with Crippen molar-refractivity contribution in [1.82, 2.24) is 4.90 Å². The van der Waals surface area contributed by atoms with Gasteiger partial charge >= 0.3 is 0 Å². The van der Waals surface area contributed by atoms with Crippen LogP contribution in [0.15, 0.2) is 24.3 Å². The molecule has 0 bridgehead atoms. The van der Waals surface area contributed by atoms with Gasteiger partial charge in [-0.15, -0.1) is 0 Å². The van der Waals surface area contributed by atoms with E-state index in [1.165, 1.54) is 11.1 Å². The average molecular weight is 240 g/mol. The third-order valence-corrected chi connectivity index (χ3v) is 2.88. The second-order valence-corrected chi connectivity index (χ2v) is 3.87. The van der Waals surface area contributed by atoms with Gasteiger partial charge in [0.2, 0.25) is 0 Å². The first kappa shape index (κ1) is 8.75. The molecule has 1 heterocycles. The van der Waals surface area contributed by atoms with Crippen molar-refractivity contribution in [1.29, 1.82) is 0 Å². The molecule has 1 amide bonds. The Labute approximate surface area is 85.7 Å². The zero-order valence-electron chi connectivity index (χ0n) is 7.16. The normalized spacial score (nSPS) is 15.3. The number of fused-ring (bicyclic) bond motifs is 1. The predicted molar refractivity (Wildman–Crippen MR) is 54.9 cm³/mol.